The van der Waals surface area contributed by atoms with E-state index in [0.717, 1.165) is 12.8 Å². The number of methoxy groups -OCH3 is 1. The molecule has 3 atom stereocenters. The Morgan fingerprint density at radius 1 is 0.938 bits per heavy atom. The maximum Gasteiger partial charge on any atom is 0.472 e. The van der Waals surface area contributed by atoms with Crippen LogP contribution in [0, 0.1) is 0 Å². The molecule has 0 spiro atoms. The summed E-state index contributed by atoms with van der Waals surface area (Å²) in [6.07, 6.45) is 19.2. The van der Waals surface area contributed by atoms with E-state index in [1.165, 1.54) is 64.2 Å². The Morgan fingerprint density at radius 2 is 1.47 bits per heavy atom. The summed E-state index contributed by atoms with van der Waals surface area (Å²) in [5, 5.41) is 0. The Balaban J connectivity index is 3.89. The van der Waals surface area contributed by atoms with E-state index in [1.807, 2.05) is 27.2 Å². The lowest BCUT2D eigenvalue weighted by Crippen LogP contribution is -2.39. The molecular weight excluding hydrogens is 427 g/mol. The highest BCUT2D eigenvalue weighted by Gasteiger charge is 2.25. The minimum atomic E-state index is -4.11. The lowest BCUT2D eigenvalue weighted by atomic mass is 10.0. The Kier molecular flexibility index (Phi) is 18.9. The van der Waals surface area contributed by atoms with Gasteiger partial charge >= 0.3 is 7.82 Å². The van der Waals surface area contributed by atoms with Gasteiger partial charge in [-0.2, -0.15) is 0 Å². The maximum atomic E-state index is 12.0. The van der Waals surface area contributed by atoms with E-state index < -0.39 is 13.9 Å². The topological polar surface area (TPSA) is 91.0 Å². The molecule has 0 radical (unpaired) electrons. The molecule has 0 bridgehead atoms. The number of phosphoric acid groups is 1. The summed E-state index contributed by atoms with van der Waals surface area (Å²) in [6, 6.07) is -0.545. The average molecular weight is 480 g/mol. The number of allylic oxidation sites excluding steroid dienone is 1. The number of hydrogen-bond donors (Lipinski definition) is 2. The SMILES string of the molecule is CCCCCCCCCCCCC/C=C/[C@@H](OC)[C@@H](N)COP(=O)(O)OCC[N+](C)(C)C. The van der Waals surface area contributed by atoms with Crippen LogP contribution in [0.15, 0.2) is 12.2 Å². The molecule has 192 valence electrons. The fourth-order valence-electron chi connectivity index (χ4n) is 3.30. The van der Waals surface area contributed by atoms with Gasteiger partial charge in [0.1, 0.15) is 13.2 Å². The number of unbranched alkanes of at least 4 members (excludes halogenated alkanes) is 11. The Morgan fingerprint density at radius 3 is 1.97 bits per heavy atom. The monoisotopic (exact) mass is 479 g/mol. The third-order valence-electron chi connectivity index (χ3n) is 5.44. The molecule has 0 aliphatic rings. The van der Waals surface area contributed by atoms with E-state index >= 15 is 0 Å². The molecule has 0 heterocycles. The summed E-state index contributed by atoms with van der Waals surface area (Å²) in [4.78, 5) is 9.80. The highest BCUT2D eigenvalue weighted by Crippen LogP contribution is 2.43. The van der Waals surface area contributed by atoms with Gasteiger partial charge in [0.2, 0.25) is 0 Å². The van der Waals surface area contributed by atoms with Gasteiger partial charge in [-0.05, 0) is 12.8 Å². The molecule has 8 heteroatoms. The second-order valence-electron chi connectivity index (χ2n) is 9.73. The van der Waals surface area contributed by atoms with Crippen molar-refractivity contribution in [1.29, 1.82) is 0 Å². The summed E-state index contributed by atoms with van der Waals surface area (Å²) in [7, 11) is 3.41. The standard InChI is InChI=1S/C24H51N2O5P/c1-6-7-8-9-10-11-12-13-14-15-16-17-18-19-24(29-5)23(25)22-31-32(27,28)30-21-20-26(2,3)4/h18-19,23-24H,6-17,20-22,25H2,1-5H3/p+1/b19-18+/t23-,24+/m0/s1. The fourth-order valence-corrected chi connectivity index (χ4v) is 4.04. The smallest absolute Gasteiger partial charge is 0.376 e. The molecular formula is C24H52N2O5P+. The second-order valence-corrected chi connectivity index (χ2v) is 11.2. The molecule has 0 saturated carbocycles. The van der Waals surface area contributed by atoms with E-state index in [0.29, 0.717) is 11.0 Å². The van der Waals surface area contributed by atoms with E-state index in [1.54, 1.807) is 7.11 Å². The van der Waals surface area contributed by atoms with Crippen LogP contribution in [0.4, 0.5) is 0 Å². The van der Waals surface area contributed by atoms with Crippen molar-refractivity contribution in [2.45, 2.75) is 96.1 Å². The molecule has 0 amide bonds. The minimum Gasteiger partial charge on any atom is -0.376 e. The van der Waals surface area contributed by atoms with Gasteiger partial charge in [0.25, 0.3) is 0 Å². The van der Waals surface area contributed by atoms with Crippen molar-refractivity contribution < 1.29 is 27.7 Å². The molecule has 1 unspecified atom stereocenters. The van der Waals surface area contributed by atoms with E-state index in [2.05, 4.69) is 13.0 Å². The van der Waals surface area contributed by atoms with Crippen molar-refractivity contribution >= 4 is 7.82 Å². The summed E-state index contributed by atoms with van der Waals surface area (Å²) in [5.41, 5.74) is 6.09. The number of nitrogens with two attached hydrogens (primary N) is 1. The van der Waals surface area contributed by atoms with Gasteiger partial charge in [-0.25, -0.2) is 4.57 Å². The number of rotatable bonds is 22. The number of ether oxygens (including phenoxy) is 1. The summed E-state index contributed by atoms with van der Waals surface area (Å²) < 4.78 is 28.1. The van der Waals surface area contributed by atoms with Crippen LogP contribution in [-0.4, -0.2) is 69.5 Å². The highest BCUT2D eigenvalue weighted by atomic mass is 31.2. The Labute approximate surface area is 197 Å². The Hall–Kier alpha value is -0.270. The predicted octanol–water partition coefficient (Wildman–Crippen LogP) is 5.43. The van der Waals surface area contributed by atoms with Gasteiger partial charge < -0.3 is 19.8 Å². The van der Waals surface area contributed by atoms with Gasteiger partial charge in [0.15, 0.2) is 0 Å². The zero-order valence-electron chi connectivity index (χ0n) is 21.5. The molecule has 0 aromatic rings. The molecule has 3 N–H and O–H groups in total. The minimum absolute atomic E-state index is 0.112. The molecule has 0 aliphatic heterocycles. The van der Waals surface area contributed by atoms with Gasteiger partial charge in [0.05, 0.1) is 39.9 Å². The van der Waals surface area contributed by atoms with Crippen molar-refractivity contribution in [3.8, 4) is 0 Å². The second kappa shape index (κ2) is 19.1. The number of phosphoric ester groups is 1. The summed E-state index contributed by atoms with van der Waals surface area (Å²) >= 11 is 0. The lowest BCUT2D eigenvalue weighted by molar-refractivity contribution is -0.870. The first kappa shape index (κ1) is 31.7. The van der Waals surface area contributed by atoms with E-state index in [9.17, 15) is 9.46 Å². The van der Waals surface area contributed by atoms with E-state index in [4.69, 9.17) is 19.5 Å². The summed E-state index contributed by atoms with van der Waals surface area (Å²) in [5.74, 6) is 0. The lowest BCUT2D eigenvalue weighted by Gasteiger charge is -2.24. The van der Waals surface area contributed by atoms with Crippen molar-refractivity contribution in [3.05, 3.63) is 12.2 Å². The number of nitrogens with zero attached hydrogens (tertiary/aromatic N) is 1. The predicted molar refractivity (Wildman–Crippen MR) is 134 cm³/mol. The van der Waals surface area contributed by atoms with Gasteiger partial charge in [-0.15, -0.1) is 0 Å². The van der Waals surface area contributed by atoms with E-state index in [-0.39, 0.29) is 19.3 Å². The van der Waals surface area contributed by atoms with Gasteiger partial charge in [-0.3, -0.25) is 9.05 Å². The van der Waals surface area contributed by atoms with Crippen LogP contribution in [0.3, 0.4) is 0 Å². The number of hydrogen-bond acceptors (Lipinski definition) is 5. The molecule has 0 rings (SSSR count). The maximum absolute atomic E-state index is 12.0. The van der Waals surface area contributed by atoms with Crippen molar-refractivity contribution in [3.63, 3.8) is 0 Å². The van der Waals surface area contributed by atoms with Crippen molar-refractivity contribution in [1.82, 2.24) is 0 Å². The Bertz CT molecular complexity index is 511. The van der Waals surface area contributed by atoms with Crippen LogP contribution in [-0.2, 0) is 18.3 Å². The molecule has 0 saturated heterocycles. The van der Waals surface area contributed by atoms with Crippen LogP contribution in [0.1, 0.15) is 84.0 Å². The third-order valence-corrected chi connectivity index (χ3v) is 6.43. The van der Waals surface area contributed by atoms with Gasteiger partial charge in [0, 0.05) is 7.11 Å². The van der Waals surface area contributed by atoms with Crippen LogP contribution < -0.4 is 5.73 Å². The van der Waals surface area contributed by atoms with Crippen LogP contribution in [0.2, 0.25) is 0 Å². The highest BCUT2D eigenvalue weighted by molar-refractivity contribution is 7.47. The largest absolute Gasteiger partial charge is 0.472 e. The first-order valence-corrected chi connectivity index (χ1v) is 14.0. The normalized spacial score (nSPS) is 16.3. The first-order valence-electron chi connectivity index (χ1n) is 12.5. The fraction of sp³-hybridized carbons (Fsp3) is 0.917. The average Bonchev–Trinajstić information content (AvgIpc) is 2.71. The molecule has 7 nitrogen and oxygen atoms in total. The molecule has 0 aliphatic carbocycles. The number of likely N-dealkylation sites (N-methyl/N-ethyl adjacent to an activating group) is 1. The zero-order valence-corrected chi connectivity index (χ0v) is 22.4. The molecule has 0 aromatic heterocycles. The molecule has 0 fully saturated rings. The number of quaternary nitrogens is 1. The first-order chi connectivity index (χ1) is 15.1. The van der Waals surface area contributed by atoms with Crippen LogP contribution in [0.25, 0.3) is 0 Å². The van der Waals surface area contributed by atoms with Crippen LogP contribution >= 0.6 is 7.82 Å². The zero-order chi connectivity index (χ0) is 24.3. The van der Waals surface area contributed by atoms with Crippen LogP contribution in [0.5, 0.6) is 0 Å². The molecule has 0 aromatic carbocycles. The summed E-state index contributed by atoms with van der Waals surface area (Å²) in [6.45, 7) is 2.88. The third kappa shape index (κ3) is 20.3. The quantitative estimate of drug-likeness (QED) is 0.0932. The van der Waals surface area contributed by atoms with Crippen molar-refractivity contribution in [2.75, 3.05) is 48.0 Å². The van der Waals surface area contributed by atoms with Gasteiger partial charge in [-0.1, -0.05) is 83.3 Å². The molecule has 32 heavy (non-hydrogen) atoms. The van der Waals surface area contributed by atoms with Crippen molar-refractivity contribution in [2.24, 2.45) is 5.73 Å².